The number of anilines is 1. The van der Waals surface area contributed by atoms with Crippen LogP contribution in [0, 0.1) is 17.2 Å². The number of carbonyl (C=O) groups is 1. The second-order valence-electron chi connectivity index (χ2n) is 13.1. The number of hydrogen-bond acceptors (Lipinski definition) is 13. The van der Waals surface area contributed by atoms with Crippen LogP contribution in [0.15, 0.2) is 90.0 Å². The molecule has 0 spiro atoms. The number of fused-ring (bicyclic) bond motifs is 1. The topological polar surface area (TPSA) is 207 Å². The molecule has 56 heavy (non-hydrogen) atoms. The second kappa shape index (κ2) is 18.1. The van der Waals surface area contributed by atoms with Crippen molar-refractivity contribution in [1.29, 1.82) is 5.26 Å². The summed E-state index contributed by atoms with van der Waals surface area (Å²) >= 11 is 0. The molecule has 0 aliphatic carbocycles. The number of benzene rings is 3. The average Bonchev–Trinajstić information content (AvgIpc) is 3.80. The van der Waals surface area contributed by atoms with Gasteiger partial charge in [-0.2, -0.15) is 10.2 Å². The zero-order valence-corrected chi connectivity index (χ0v) is 32.5. The van der Waals surface area contributed by atoms with E-state index in [0.717, 1.165) is 16.7 Å². The fourth-order valence-corrected chi connectivity index (χ4v) is 7.32. The molecule has 17 heteroatoms. The minimum atomic E-state index is -2.02. The van der Waals surface area contributed by atoms with Crippen molar-refractivity contribution < 1.29 is 37.5 Å². The van der Waals surface area contributed by atoms with Gasteiger partial charge in [0.15, 0.2) is 17.4 Å². The van der Waals surface area contributed by atoms with Gasteiger partial charge in [0.1, 0.15) is 35.4 Å². The van der Waals surface area contributed by atoms with Crippen LogP contribution < -0.4 is 25.9 Å². The third-order valence-corrected chi connectivity index (χ3v) is 10.2. The number of H-pyrrole nitrogens is 1. The Morgan fingerprint density at radius 3 is 2.20 bits per heavy atom. The first-order chi connectivity index (χ1) is 27.1. The zero-order chi connectivity index (χ0) is 39.8. The van der Waals surface area contributed by atoms with Gasteiger partial charge < -0.3 is 32.7 Å². The summed E-state index contributed by atoms with van der Waals surface area (Å²) in [5.41, 5.74) is 7.18. The Bertz CT molecular complexity index is 2130. The molecule has 5 atom stereocenters. The number of aromatic nitrogens is 4. The predicted molar refractivity (Wildman–Crippen MR) is 207 cm³/mol. The zero-order valence-electron chi connectivity index (χ0n) is 31.6. The van der Waals surface area contributed by atoms with E-state index in [1.54, 1.807) is 32.6 Å². The lowest BCUT2D eigenvalue weighted by atomic mass is 9.80. The lowest BCUT2D eigenvalue weighted by Crippen LogP contribution is -2.41. The number of nitrogens with one attached hydrogen (secondary N) is 2. The second-order valence-corrected chi connectivity index (χ2v) is 14.1. The number of hydrogen-bond donors (Lipinski definition) is 3. The molecular weight excluding hydrogens is 741 g/mol. The summed E-state index contributed by atoms with van der Waals surface area (Å²) in [6, 6.07) is 27.0. The van der Waals surface area contributed by atoms with Gasteiger partial charge in [-0.3, -0.25) is 30.0 Å². The van der Waals surface area contributed by atoms with E-state index in [0.29, 0.717) is 11.5 Å². The van der Waals surface area contributed by atoms with Crippen molar-refractivity contribution in [3.63, 3.8) is 0 Å². The lowest BCUT2D eigenvalue weighted by Gasteiger charge is -2.37. The molecule has 1 aliphatic heterocycles. The van der Waals surface area contributed by atoms with Crippen LogP contribution in [0.2, 0.25) is 0 Å². The molecule has 4 N–H and O–H groups in total. The highest BCUT2D eigenvalue weighted by atomic mass is 31.2. The van der Waals surface area contributed by atoms with Gasteiger partial charge in [-0.05, 0) is 41.0 Å². The van der Waals surface area contributed by atoms with Gasteiger partial charge >= 0.3 is 0 Å². The Hall–Kier alpha value is -5.24. The van der Waals surface area contributed by atoms with Crippen LogP contribution in [0.25, 0.3) is 11.2 Å². The number of rotatable bonds is 17. The summed E-state index contributed by atoms with van der Waals surface area (Å²) < 4.78 is 44.5. The van der Waals surface area contributed by atoms with Gasteiger partial charge in [0.2, 0.25) is 11.9 Å². The van der Waals surface area contributed by atoms with Gasteiger partial charge in [0, 0.05) is 13.0 Å². The first-order valence-electron chi connectivity index (χ1n) is 17.8. The van der Waals surface area contributed by atoms with Crippen molar-refractivity contribution in [1.82, 2.24) is 19.5 Å². The molecule has 0 radical (unpaired) electrons. The van der Waals surface area contributed by atoms with Crippen molar-refractivity contribution in [2.75, 3.05) is 39.9 Å². The summed E-state index contributed by atoms with van der Waals surface area (Å²) in [6.45, 7) is 3.43. The maximum absolute atomic E-state index is 13.1. The molecule has 1 amide bonds. The van der Waals surface area contributed by atoms with Crippen molar-refractivity contribution in [2.24, 2.45) is 11.4 Å². The van der Waals surface area contributed by atoms with Gasteiger partial charge in [-0.15, -0.1) is 0 Å². The van der Waals surface area contributed by atoms with Crippen LogP contribution in [-0.4, -0.2) is 78.3 Å². The van der Waals surface area contributed by atoms with Crippen LogP contribution >= 0.6 is 8.53 Å². The minimum Gasteiger partial charge on any atom is -0.497 e. The normalized spacial score (nSPS) is 18.8. The van der Waals surface area contributed by atoms with Crippen molar-refractivity contribution in [2.45, 2.75) is 50.4 Å². The number of imidazole rings is 1. The molecular formula is C39H44N7O9P. The Morgan fingerprint density at radius 1 is 1.00 bits per heavy atom. The molecule has 0 saturated carbocycles. The Morgan fingerprint density at radius 2 is 1.62 bits per heavy atom. The monoisotopic (exact) mass is 785 g/mol. The molecule has 6 rings (SSSR count). The largest absolute Gasteiger partial charge is 0.497 e. The number of carbonyl (C=O) groups excluding carboxylic acids is 1. The van der Waals surface area contributed by atoms with Crippen LogP contribution in [0.5, 0.6) is 11.5 Å². The average molecular weight is 786 g/mol. The third kappa shape index (κ3) is 8.45. The van der Waals surface area contributed by atoms with Crippen LogP contribution in [0.1, 0.15) is 43.2 Å². The molecule has 2 aromatic heterocycles. The van der Waals surface area contributed by atoms with E-state index in [1.807, 2.05) is 84.9 Å². The van der Waals surface area contributed by atoms with E-state index in [-0.39, 0.29) is 48.6 Å². The molecule has 5 aromatic rings. The highest BCUT2D eigenvalue weighted by Gasteiger charge is 2.50. The van der Waals surface area contributed by atoms with Crippen molar-refractivity contribution in [3.05, 3.63) is 112 Å². The van der Waals surface area contributed by atoms with Gasteiger partial charge in [0.25, 0.3) is 14.1 Å². The number of nitrogens with zero attached hydrogens (tertiary/aromatic N) is 4. The summed E-state index contributed by atoms with van der Waals surface area (Å²) in [5.74, 6) is 0.591. The highest BCUT2D eigenvalue weighted by molar-refractivity contribution is 7.44. The van der Waals surface area contributed by atoms with Crippen LogP contribution in [0.4, 0.5) is 5.95 Å². The van der Waals surface area contributed by atoms with Gasteiger partial charge in [-0.25, -0.2) is 4.98 Å². The Balaban J connectivity index is 1.43. The summed E-state index contributed by atoms with van der Waals surface area (Å²) in [7, 11) is 2.68. The number of nitriles is 1. The molecule has 294 valence electrons. The first kappa shape index (κ1) is 40.4. The van der Waals surface area contributed by atoms with Crippen LogP contribution in [-0.2, 0) is 33.7 Å². The van der Waals surface area contributed by atoms with Crippen molar-refractivity contribution >= 4 is 31.5 Å². The fourth-order valence-electron chi connectivity index (χ4n) is 6.49. The standard InChI is InChI=1S/C39H44N7O9P/c1-24(2)35(47)44-38-43-34-31(36(48)45-38)42-23-46(34)37-33(51-5)32(55-56(41)53-21-9-20-40)30(54-37)22-52-39(25-10-7-6-8-11-25,26-12-16-28(49-3)17-13-26)27-14-18-29(50-4)19-15-27/h6-8,10-19,23-24,30,32-33,37H,9,21-22,41H2,1-5H3,(H2,43,44,45,47,48)/t30-,32-,33-,37-,56?/m1/s1. The summed E-state index contributed by atoms with van der Waals surface area (Å²) in [6.07, 6.45) is -2.07. The number of nitrogens with two attached hydrogens (primary N) is 1. The number of aromatic amines is 1. The van der Waals surface area contributed by atoms with Crippen molar-refractivity contribution in [3.8, 4) is 17.6 Å². The third-order valence-electron chi connectivity index (χ3n) is 9.33. The number of ether oxygens (including phenoxy) is 5. The predicted octanol–water partition coefficient (Wildman–Crippen LogP) is 5.15. The molecule has 3 aromatic carbocycles. The maximum atomic E-state index is 13.1. The Kier molecular flexibility index (Phi) is 13.1. The number of methoxy groups -OCH3 is 3. The van der Waals surface area contributed by atoms with E-state index in [4.69, 9.17) is 43.5 Å². The van der Waals surface area contributed by atoms with E-state index in [1.165, 1.54) is 13.4 Å². The fraction of sp³-hybridized carbons (Fsp3) is 0.359. The molecule has 16 nitrogen and oxygen atoms in total. The highest BCUT2D eigenvalue weighted by Crippen LogP contribution is 2.45. The van der Waals surface area contributed by atoms with E-state index >= 15 is 0 Å². The quantitative estimate of drug-likeness (QED) is 0.0634. The Labute approximate surface area is 324 Å². The maximum Gasteiger partial charge on any atom is 0.280 e. The van der Waals surface area contributed by atoms with Gasteiger partial charge in [-0.1, -0.05) is 68.4 Å². The molecule has 1 saturated heterocycles. The minimum absolute atomic E-state index is 0.0196. The SMILES string of the molecule is COc1ccc(C(OC[C@H]2O[C@@H](n3cnc4c(=O)[nH]c(NC(=O)C(C)C)nc43)[C@H](OC)[C@@H]2OP(N)OCCC#N)(c2ccccc2)c2ccc(OC)cc2)cc1. The van der Waals surface area contributed by atoms with Crippen LogP contribution in [0.3, 0.4) is 0 Å². The van der Waals surface area contributed by atoms with E-state index < -0.39 is 44.2 Å². The van der Waals surface area contributed by atoms with E-state index in [9.17, 15) is 9.59 Å². The summed E-state index contributed by atoms with van der Waals surface area (Å²) in [5, 5.41) is 11.7. The molecule has 3 heterocycles. The van der Waals surface area contributed by atoms with E-state index in [2.05, 4.69) is 20.3 Å². The molecule has 1 unspecified atom stereocenters. The molecule has 1 fully saturated rings. The smallest absolute Gasteiger partial charge is 0.280 e. The lowest BCUT2D eigenvalue weighted by molar-refractivity contribution is -0.118. The molecule has 1 aliphatic rings. The molecule has 0 bridgehead atoms. The first-order valence-corrected chi connectivity index (χ1v) is 19.0. The van der Waals surface area contributed by atoms with Gasteiger partial charge in [0.05, 0.1) is 46.3 Å². The summed E-state index contributed by atoms with van der Waals surface area (Å²) in [4.78, 5) is 37.1. The number of amides is 1.